The SMILES string of the molecule is CN/C(N)=C(/Cl)C(=N)C(=O)NC1CCCN(Cc2nc3nc(C(F)(F)F)ncc3[nH]2)C1. The predicted octanol–water partition coefficient (Wildman–Crippen LogP) is 1.06. The molecule has 1 fully saturated rings. The molecule has 14 heteroatoms. The molecule has 0 radical (unpaired) electrons. The van der Waals surface area contributed by atoms with Crippen LogP contribution in [0.3, 0.4) is 0 Å². The van der Waals surface area contributed by atoms with E-state index in [1.807, 2.05) is 4.90 Å². The molecule has 2 aromatic heterocycles. The number of imidazole rings is 1. The number of carbonyl (C=O) groups excluding carboxylic acids is 1. The Hall–Kier alpha value is -2.93. The molecule has 1 aliphatic rings. The van der Waals surface area contributed by atoms with E-state index in [1.54, 1.807) is 0 Å². The highest BCUT2D eigenvalue weighted by Crippen LogP contribution is 2.26. The summed E-state index contributed by atoms with van der Waals surface area (Å²) in [5.74, 6) is -1.42. The van der Waals surface area contributed by atoms with Crippen molar-refractivity contribution in [3.05, 3.63) is 28.7 Å². The van der Waals surface area contributed by atoms with Gasteiger partial charge >= 0.3 is 6.18 Å². The van der Waals surface area contributed by atoms with Crippen LogP contribution in [0.1, 0.15) is 24.5 Å². The van der Waals surface area contributed by atoms with Crippen molar-refractivity contribution in [1.82, 2.24) is 35.5 Å². The first-order valence-electron chi connectivity index (χ1n) is 9.32. The highest BCUT2D eigenvalue weighted by molar-refractivity contribution is 6.58. The van der Waals surface area contributed by atoms with Gasteiger partial charge in [-0.05, 0) is 19.4 Å². The molecule has 1 amide bonds. The number of piperidine rings is 1. The number of carbonyl (C=O) groups is 1. The van der Waals surface area contributed by atoms with Gasteiger partial charge in [-0.15, -0.1) is 0 Å². The molecule has 0 aromatic carbocycles. The molecule has 0 saturated carbocycles. The van der Waals surface area contributed by atoms with Crippen molar-refractivity contribution in [2.24, 2.45) is 5.73 Å². The average molecular weight is 460 g/mol. The smallest absolute Gasteiger partial charge is 0.384 e. The molecule has 1 atom stereocenters. The number of halogens is 4. The first-order chi connectivity index (χ1) is 14.6. The van der Waals surface area contributed by atoms with Crippen molar-refractivity contribution < 1.29 is 18.0 Å². The maximum atomic E-state index is 12.8. The quantitative estimate of drug-likeness (QED) is 0.405. The molecule has 1 unspecified atom stereocenters. The van der Waals surface area contributed by atoms with E-state index in [-0.39, 0.29) is 22.5 Å². The maximum absolute atomic E-state index is 12.8. The molecule has 3 rings (SSSR count). The van der Waals surface area contributed by atoms with Crippen molar-refractivity contribution in [2.75, 3.05) is 20.1 Å². The molecular formula is C17H21ClF3N9O. The number of aromatic amines is 1. The second-order valence-corrected chi connectivity index (χ2v) is 7.39. The summed E-state index contributed by atoms with van der Waals surface area (Å²) in [6.45, 7) is 1.51. The van der Waals surface area contributed by atoms with Gasteiger partial charge in [0.15, 0.2) is 5.65 Å². The third-order valence-corrected chi connectivity index (χ3v) is 5.10. The van der Waals surface area contributed by atoms with Gasteiger partial charge in [-0.25, -0.2) is 15.0 Å². The average Bonchev–Trinajstić information content (AvgIpc) is 3.13. The first kappa shape index (κ1) is 22.7. The number of amides is 1. The van der Waals surface area contributed by atoms with Crippen LogP contribution in [0.15, 0.2) is 17.1 Å². The van der Waals surface area contributed by atoms with Crippen LogP contribution < -0.4 is 16.4 Å². The standard InChI is InChI=1S/C17H21ClF3N9O/c1-24-13(23)11(18)12(22)15(31)26-8-3-2-4-30(6-8)7-10-27-9-5-25-16(17(19,20)21)29-14(9)28-10/h5,8,22,24H,2-4,6-7,23H2,1H3,(H,26,31)(H,25,27,28,29)/b13-11+,22-12?. The summed E-state index contributed by atoms with van der Waals surface area (Å²) in [4.78, 5) is 28.1. The fourth-order valence-electron chi connectivity index (χ4n) is 3.20. The third-order valence-electron chi connectivity index (χ3n) is 4.71. The summed E-state index contributed by atoms with van der Waals surface area (Å²) < 4.78 is 38.3. The molecule has 0 bridgehead atoms. The molecule has 2 aromatic rings. The Labute approximate surface area is 180 Å². The van der Waals surface area contributed by atoms with Crippen molar-refractivity contribution in [3.8, 4) is 0 Å². The Morgan fingerprint density at radius 2 is 2.19 bits per heavy atom. The molecule has 1 saturated heterocycles. The number of hydrogen-bond acceptors (Lipinski definition) is 8. The number of nitrogens with two attached hydrogens (primary N) is 1. The summed E-state index contributed by atoms with van der Waals surface area (Å²) >= 11 is 5.91. The minimum Gasteiger partial charge on any atom is -0.384 e. The largest absolute Gasteiger partial charge is 0.451 e. The molecule has 1 aliphatic heterocycles. The molecule has 10 nitrogen and oxygen atoms in total. The van der Waals surface area contributed by atoms with Crippen LogP contribution >= 0.6 is 11.6 Å². The van der Waals surface area contributed by atoms with Gasteiger partial charge in [-0.3, -0.25) is 15.1 Å². The number of nitrogens with one attached hydrogen (secondary N) is 4. The minimum atomic E-state index is -4.64. The van der Waals surface area contributed by atoms with Crippen LogP contribution in [0, 0.1) is 5.41 Å². The minimum absolute atomic E-state index is 0.0220. The monoisotopic (exact) mass is 459 g/mol. The zero-order valence-corrected chi connectivity index (χ0v) is 17.2. The zero-order valence-electron chi connectivity index (χ0n) is 16.5. The van der Waals surface area contributed by atoms with Crippen molar-refractivity contribution in [2.45, 2.75) is 31.6 Å². The van der Waals surface area contributed by atoms with Crippen molar-refractivity contribution in [1.29, 1.82) is 5.41 Å². The number of nitrogens with zero attached hydrogens (tertiary/aromatic N) is 4. The van der Waals surface area contributed by atoms with Gasteiger partial charge in [0, 0.05) is 19.6 Å². The first-order valence-corrected chi connectivity index (χ1v) is 9.70. The number of likely N-dealkylation sites (tertiary alicyclic amines) is 1. The van der Waals surface area contributed by atoms with Crippen LogP contribution in [0.2, 0.25) is 0 Å². The number of alkyl halides is 3. The van der Waals surface area contributed by atoms with Crippen LogP contribution in [-0.2, 0) is 17.5 Å². The van der Waals surface area contributed by atoms with Crippen LogP contribution in [-0.4, -0.2) is 62.6 Å². The fraction of sp³-hybridized carbons (Fsp3) is 0.471. The van der Waals surface area contributed by atoms with Gasteiger partial charge in [-0.2, -0.15) is 13.2 Å². The number of hydrogen-bond donors (Lipinski definition) is 5. The maximum Gasteiger partial charge on any atom is 0.451 e. The Kier molecular flexibility index (Phi) is 6.65. The summed E-state index contributed by atoms with van der Waals surface area (Å²) in [7, 11) is 1.52. The van der Waals surface area contributed by atoms with E-state index in [0.29, 0.717) is 37.4 Å². The van der Waals surface area contributed by atoms with Gasteiger partial charge in [-0.1, -0.05) is 11.6 Å². The molecular weight excluding hydrogens is 439 g/mol. The topological polar surface area (TPSA) is 149 Å². The van der Waals surface area contributed by atoms with Gasteiger partial charge in [0.25, 0.3) is 5.91 Å². The van der Waals surface area contributed by atoms with Crippen LogP contribution in [0.4, 0.5) is 13.2 Å². The number of rotatable bonds is 6. The normalized spacial score (nSPS) is 18.5. The molecule has 0 spiro atoms. The molecule has 31 heavy (non-hydrogen) atoms. The van der Waals surface area contributed by atoms with Crippen molar-refractivity contribution >= 4 is 34.4 Å². The second-order valence-electron chi connectivity index (χ2n) is 7.01. The number of H-pyrrole nitrogens is 1. The highest BCUT2D eigenvalue weighted by Gasteiger charge is 2.35. The van der Waals surface area contributed by atoms with Crippen LogP contribution in [0.5, 0.6) is 0 Å². The third kappa shape index (κ3) is 5.41. The lowest BCUT2D eigenvalue weighted by molar-refractivity contribution is -0.144. The van der Waals surface area contributed by atoms with E-state index >= 15 is 0 Å². The molecule has 168 valence electrons. The van der Waals surface area contributed by atoms with E-state index in [0.717, 1.165) is 12.6 Å². The number of aromatic nitrogens is 4. The Bertz CT molecular complexity index is 1020. The predicted molar refractivity (Wildman–Crippen MR) is 107 cm³/mol. The summed E-state index contributed by atoms with van der Waals surface area (Å²) in [6, 6.07) is -0.233. The summed E-state index contributed by atoms with van der Waals surface area (Å²) in [5, 5.41) is 13.0. The lowest BCUT2D eigenvalue weighted by atomic mass is 10.1. The van der Waals surface area contributed by atoms with Gasteiger partial charge in [0.2, 0.25) is 5.82 Å². The van der Waals surface area contributed by atoms with E-state index in [2.05, 4.69) is 30.6 Å². The lowest BCUT2D eigenvalue weighted by Gasteiger charge is -2.32. The summed E-state index contributed by atoms with van der Waals surface area (Å²) in [6.07, 6.45) is -2.10. The van der Waals surface area contributed by atoms with E-state index in [9.17, 15) is 18.0 Å². The molecule has 3 heterocycles. The Morgan fingerprint density at radius 1 is 1.45 bits per heavy atom. The Morgan fingerprint density at radius 3 is 2.87 bits per heavy atom. The fourth-order valence-corrected chi connectivity index (χ4v) is 3.38. The van der Waals surface area contributed by atoms with Crippen molar-refractivity contribution in [3.63, 3.8) is 0 Å². The van der Waals surface area contributed by atoms with Gasteiger partial charge in [0.05, 0.1) is 12.7 Å². The van der Waals surface area contributed by atoms with E-state index < -0.39 is 23.6 Å². The van der Waals surface area contributed by atoms with E-state index in [1.165, 1.54) is 7.05 Å². The highest BCUT2D eigenvalue weighted by atomic mass is 35.5. The molecule has 0 aliphatic carbocycles. The number of fused-ring (bicyclic) bond motifs is 1. The van der Waals surface area contributed by atoms with Gasteiger partial charge < -0.3 is 21.4 Å². The molecule has 6 N–H and O–H groups in total. The Balaban J connectivity index is 1.63. The van der Waals surface area contributed by atoms with Crippen LogP contribution in [0.25, 0.3) is 11.2 Å². The lowest BCUT2D eigenvalue weighted by Crippen LogP contribution is -2.49. The second kappa shape index (κ2) is 9.06. The summed E-state index contributed by atoms with van der Waals surface area (Å²) in [5.41, 5.74) is 5.39. The van der Waals surface area contributed by atoms with Gasteiger partial charge in [0.1, 0.15) is 27.9 Å². The van der Waals surface area contributed by atoms with E-state index in [4.69, 9.17) is 22.7 Å². The zero-order chi connectivity index (χ0) is 22.8.